The zero-order valence-corrected chi connectivity index (χ0v) is 12.7. The lowest BCUT2D eigenvalue weighted by molar-refractivity contribution is 0.0596. The molecule has 2 saturated heterocycles. The van der Waals surface area contributed by atoms with Crippen LogP contribution in [-0.2, 0) is 0 Å². The minimum Gasteiger partial charge on any atom is -0.507 e. The lowest BCUT2D eigenvalue weighted by atomic mass is 10.0. The van der Waals surface area contributed by atoms with Gasteiger partial charge in [0.05, 0.1) is 5.56 Å². The number of hydrogen-bond donors (Lipinski definition) is 1. The van der Waals surface area contributed by atoms with Crippen molar-refractivity contribution in [1.82, 2.24) is 4.90 Å². The van der Waals surface area contributed by atoms with Crippen LogP contribution in [0, 0.1) is 0 Å². The molecule has 2 aliphatic rings. The molecule has 2 atom stereocenters. The fourth-order valence-corrected chi connectivity index (χ4v) is 4.03. The number of halogens is 2. The van der Waals surface area contributed by atoms with Gasteiger partial charge in [-0.2, -0.15) is 0 Å². The SMILES string of the molecule is O=C(c1ccc(Br)cc1O)N1C2CCC1CC(Cl)C2. The van der Waals surface area contributed by atoms with E-state index < -0.39 is 0 Å². The number of piperidine rings is 1. The summed E-state index contributed by atoms with van der Waals surface area (Å²) in [5.41, 5.74) is 0.383. The Labute approximate surface area is 125 Å². The van der Waals surface area contributed by atoms with Crippen LogP contribution in [0.4, 0.5) is 0 Å². The third-order valence-corrected chi connectivity index (χ3v) is 4.95. The molecule has 2 heterocycles. The quantitative estimate of drug-likeness (QED) is 0.792. The van der Waals surface area contributed by atoms with E-state index in [1.54, 1.807) is 18.2 Å². The monoisotopic (exact) mass is 343 g/mol. The number of alkyl halides is 1. The molecule has 19 heavy (non-hydrogen) atoms. The molecule has 2 unspecified atom stereocenters. The summed E-state index contributed by atoms with van der Waals surface area (Å²) in [4.78, 5) is 14.5. The van der Waals surface area contributed by atoms with Gasteiger partial charge < -0.3 is 10.0 Å². The second kappa shape index (κ2) is 4.98. The Hall–Kier alpha value is -0.740. The summed E-state index contributed by atoms with van der Waals surface area (Å²) in [5.74, 6) is -0.0344. The first-order valence-electron chi connectivity index (χ1n) is 6.51. The summed E-state index contributed by atoms with van der Waals surface area (Å²) in [7, 11) is 0. The van der Waals surface area contributed by atoms with Crippen LogP contribution in [0.2, 0.25) is 0 Å². The fourth-order valence-electron chi connectivity index (χ4n) is 3.27. The smallest absolute Gasteiger partial charge is 0.258 e. The number of benzene rings is 1. The van der Waals surface area contributed by atoms with Crippen molar-refractivity contribution >= 4 is 33.4 Å². The Balaban J connectivity index is 1.88. The van der Waals surface area contributed by atoms with Gasteiger partial charge in [0.15, 0.2) is 0 Å². The summed E-state index contributed by atoms with van der Waals surface area (Å²) in [5, 5.41) is 10.1. The number of fused-ring (bicyclic) bond motifs is 2. The molecule has 0 aliphatic carbocycles. The number of carbonyl (C=O) groups is 1. The van der Waals surface area contributed by atoms with Gasteiger partial charge in [-0.15, -0.1) is 11.6 Å². The molecule has 5 heteroatoms. The number of carbonyl (C=O) groups excluding carboxylic acids is 1. The second-order valence-corrected chi connectivity index (χ2v) is 6.86. The lowest BCUT2D eigenvalue weighted by Gasteiger charge is -2.37. The van der Waals surface area contributed by atoms with Gasteiger partial charge in [0.1, 0.15) is 5.75 Å². The minimum absolute atomic E-state index is 0.0340. The predicted octanol–water partition coefficient (Wildman–Crippen LogP) is 3.53. The topological polar surface area (TPSA) is 40.5 Å². The number of aromatic hydroxyl groups is 1. The molecule has 3 nitrogen and oxygen atoms in total. The number of nitrogens with zero attached hydrogens (tertiary/aromatic N) is 1. The van der Waals surface area contributed by atoms with Crippen LogP contribution in [-0.4, -0.2) is 33.4 Å². The first-order valence-corrected chi connectivity index (χ1v) is 7.74. The van der Waals surface area contributed by atoms with Gasteiger partial charge in [0.2, 0.25) is 0 Å². The van der Waals surface area contributed by atoms with Gasteiger partial charge in [-0.1, -0.05) is 15.9 Å². The predicted molar refractivity (Wildman–Crippen MR) is 77.7 cm³/mol. The van der Waals surface area contributed by atoms with Crippen molar-refractivity contribution < 1.29 is 9.90 Å². The average molecular weight is 345 g/mol. The molecule has 2 bridgehead atoms. The van der Waals surface area contributed by atoms with E-state index in [0.717, 1.165) is 30.2 Å². The number of rotatable bonds is 1. The third kappa shape index (κ3) is 2.36. The standard InChI is InChI=1S/C14H15BrClNO2/c15-8-1-4-12(13(18)5-8)14(19)17-10-2-3-11(17)7-9(16)6-10/h1,4-5,9-11,18H,2-3,6-7H2. The third-order valence-electron chi connectivity index (χ3n) is 4.10. The average Bonchev–Trinajstić information content (AvgIpc) is 2.61. The van der Waals surface area contributed by atoms with Crippen molar-refractivity contribution in [3.63, 3.8) is 0 Å². The summed E-state index contributed by atoms with van der Waals surface area (Å²) in [6, 6.07) is 5.48. The molecule has 1 aromatic carbocycles. The molecule has 2 aliphatic heterocycles. The Morgan fingerprint density at radius 2 is 1.95 bits per heavy atom. The van der Waals surface area contributed by atoms with E-state index in [0.29, 0.717) is 5.56 Å². The van der Waals surface area contributed by atoms with Gasteiger partial charge in [0.25, 0.3) is 5.91 Å². The maximum Gasteiger partial charge on any atom is 0.258 e. The molecule has 0 spiro atoms. The number of amides is 1. The van der Waals surface area contributed by atoms with Crippen LogP contribution in [0.25, 0.3) is 0 Å². The largest absolute Gasteiger partial charge is 0.507 e. The van der Waals surface area contributed by atoms with Crippen molar-refractivity contribution in [2.24, 2.45) is 0 Å². The van der Waals surface area contributed by atoms with Crippen LogP contribution < -0.4 is 0 Å². The van der Waals surface area contributed by atoms with E-state index >= 15 is 0 Å². The maximum absolute atomic E-state index is 12.6. The summed E-state index contributed by atoms with van der Waals surface area (Å²) in [6.07, 6.45) is 3.77. The highest BCUT2D eigenvalue weighted by Gasteiger charge is 2.43. The van der Waals surface area contributed by atoms with E-state index in [4.69, 9.17) is 11.6 Å². The van der Waals surface area contributed by atoms with Gasteiger partial charge in [-0.25, -0.2) is 0 Å². The molecule has 1 N–H and O–H groups in total. The van der Waals surface area contributed by atoms with Crippen LogP contribution >= 0.6 is 27.5 Å². The molecule has 102 valence electrons. The van der Waals surface area contributed by atoms with Crippen LogP contribution in [0.1, 0.15) is 36.0 Å². The highest BCUT2D eigenvalue weighted by molar-refractivity contribution is 9.10. The number of phenolic OH excluding ortho intramolecular Hbond substituents is 1. The molecule has 0 radical (unpaired) electrons. The van der Waals surface area contributed by atoms with Gasteiger partial charge in [0, 0.05) is 21.9 Å². The van der Waals surface area contributed by atoms with Gasteiger partial charge in [-0.05, 0) is 43.9 Å². The molecule has 1 aromatic rings. The highest BCUT2D eigenvalue weighted by Crippen LogP contribution is 2.39. The Morgan fingerprint density at radius 1 is 1.32 bits per heavy atom. The van der Waals surface area contributed by atoms with Gasteiger partial charge >= 0.3 is 0 Å². The van der Waals surface area contributed by atoms with Crippen LogP contribution in [0.3, 0.4) is 0 Å². The molecule has 1 amide bonds. The van der Waals surface area contributed by atoms with Crippen molar-refractivity contribution in [2.45, 2.75) is 43.1 Å². The number of phenols is 1. The zero-order chi connectivity index (χ0) is 13.6. The fraction of sp³-hybridized carbons (Fsp3) is 0.500. The second-order valence-electron chi connectivity index (χ2n) is 5.33. The molecule has 3 rings (SSSR count). The molecular weight excluding hydrogens is 330 g/mol. The Kier molecular flexibility index (Phi) is 3.48. The summed E-state index contributed by atoms with van der Waals surface area (Å²) < 4.78 is 0.768. The van der Waals surface area contributed by atoms with Crippen LogP contribution in [0.15, 0.2) is 22.7 Å². The van der Waals surface area contributed by atoms with E-state index in [2.05, 4.69) is 15.9 Å². The molecule has 2 fully saturated rings. The first kappa shape index (κ1) is 13.3. The summed E-state index contributed by atoms with van der Waals surface area (Å²) in [6.45, 7) is 0. The Morgan fingerprint density at radius 3 is 2.53 bits per heavy atom. The van der Waals surface area contributed by atoms with E-state index in [-0.39, 0.29) is 29.1 Å². The van der Waals surface area contributed by atoms with Crippen LogP contribution in [0.5, 0.6) is 5.75 Å². The van der Waals surface area contributed by atoms with Crippen molar-refractivity contribution in [3.05, 3.63) is 28.2 Å². The van der Waals surface area contributed by atoms with Crippen molar-refractivity contribution in [2.75, 3.05) is 0 Å². The van der Waals surface area contributed by atoms with E-state index in [9.17, 15) is 9.90 Å². The van der Waals surface area contributed by atoms with Crippen molar-refractivity contribution in [3.8, 4) is 5.75 Å². The Bertz CT molecular complexity index is 508. The zero-order valence-electron chi connectivity index (χ0n) is 10.4. The minimum atomic E-state index is -0.0685. The number of hydrogen-bond acceptors (Lipinski definition) is 2. The lowest BCUT2D eigenvalue weighted by Crippen LogP contribution is -2.46. The van der Waals surface area contributed by atoms with E-state index in [1.807, 2.05) is 4.90 Å². The molecule has 0 saturated carbocycles. The van der Waals surface area contributed by atoms with Gasteiger partial charge in [-0.3, -0.25) is 4.79 Å². The van der Waals surface area contributed by atoms with E-state index in [1.165, 1.54) is 0 Å². The summed E-state index contributed by atoms with van der Waals surface area (Å²) >= 11 is 9.50. The normalized spacial score (nSPS) is 29.6. The first-order chi connectivity index (χ1) is 9.06. The molecule has 0 aromatic heterocycles. The molecular formula is C14H15BrClNO2. The maximum atomic E-state index is 12.6. The van der Waals surface area contributed by atoms with Crippen molar-refractivity contribution in [1.29, 1.82) is 0 Å². The highest BCUT2D eigenvalue weighted by atomic mass is 79.9.